The van der Waals surface area contributed by atoms with Crippen molar-refractivity contribution >= 4 is 29.0 Å². The van der Waals surface area contributed by atoms with E-state index in [4.69, 9.17) is 0 Å². The van der Waals surface area contributed by atoms with Crippen molar-refractivity contribution in [2.45, 2.75) is 33.6 Å². The van der Waals surface area contributed by atoms with Gasteiger partial charge in [0.15, 0.2) is 0 Å². The number of benzene rings is 2. The summed E-state index contributed by atoms with van der Waals surface area (Å²) in [6, 6.07) is 12.9. The van der Waals surface area contributed by atoms with Crippen molar-refractivity contribution in [1.82, 2.24) is 5.32 Å². The molecule has 0 aliphatic carbocycles. The van der Waals surface area contributed by atoms with Gasteiger partial charge >= 0.3 is 6.03 Å². The average molecular weight is 395 g/mol. The highest BCUT2D eigenvalue weighted by Gasteiger charge is 2.18. The van der Waals surface area contributed by atoms with Gasteiger partial charge in [-0.05, 0) is 56.0 Å². The van der Waals surface area contributed by atoms with Crippen LogP contribution in [0.4, 0.5) is 21.9 Å². The minimum absolute atomic E-state index is 0.169. The molecule has 1 aliphatic heterocycles. The molecule has 2 aromatic carbocycles. The third kappa shape index (κ3) is 5.73. The van der Waals surface area contributed by atoms with Gasteiger partial charge in [0.2, 0.25) is 0 Å². The molecule has 0 aromatic heterocycles. The maximum Gasteiger partial charge on any atom is 0.319 e. The molecule has 29 heavy (non-hydrogen) atoms. The topological polar surface area (TPSA) is 73.5 Å². The lowest BCUT2D eigenvalue weighted by molar-refractivity contribution is 0.102. The van der Waals surface area contributed by atoms with E-state index in [1.54, 1.807) is 6.07 Å². The van der Waals surface area contributed by atoms with E-state index in [0.29, 0.717) is 29.4 Å². The largest absolute Gasteiger partial charge is 0.370 e. The summed E-state index contributed by atoms with van der Waals surface area (Å²) in [7, 11) is 0. The van der Waals surface area contributed by atoms with Gasteiger partial charge in [0, 0.05) is 30.9 Å². The molecule has 2 aromatic rings. The molecule has 6 nitrogen and oxygen atoms in total. The first kappa shape index (κ1) is 20.7. The van der Waals surface area contributed by atoms with Crippen molar-refractivity contribution < 1.29 is 9.59 Å². The first-order valence-electron chi connectivity index (χ1n) is 10.2. The van der Waals surface area contributed by atoms with Crippen LogP contribution in [0.15, 0.2) is 42.5 Å². The van der Waals surface area contributed by atoms with E-state index < -0.39 is 0 Å². The SMILES string of the molecule is Cc1cccc(C(=O)Nc2ccc(N3CCCC3)c(NC(=O)NCC(C)C)c2)c1. The quantitative estimate of drug-likeness (QED) is 0.669. The fraction of sp³-hybridized carbons (Fsp3) is 0.391. The minimum atomic E-state index is -0.235. The second kappa shape index (κ2) is 9.45. The number of carbonyl (C=O) groups is 2. The van der Waals surface area contributed by atoms with Crippen LogP contribution in [0.2, 0.25) is 0 Å². The molecule has 3 rings (SSSR count). The zero-order chi connectivity index (χ0) is 20.8. The van der Waals surface area contributed by atoms with Crippen molar-refractivity contribution in [1.29, 1.82) is 0 Å². The second-order valence-electron chi connectivity index (χ2n) is 7.98. The van der Waals surface area contributed by atoms with E-state index >= 15 is 0 Å². The Morgan fingerprint density at radius 2 is 1.79 bits per heavy atom. The third-order valence-corrected chi connectivity index (χ3v) is 4.90. The summed E-state index contributed by atoms with van der Waals surface area (Å²) in [5, 5.41) is 8.79. The number of rotatable bonds is 6. The lowest BCUT2D eigenvalue weighted by Crippen LogP contribution is -2.32. The number of urea groups is 1. The van der Waals surface area contributed by atoms with Crippen molar-refractivity contribution in [2.24, 2.45) is 5.92 Å². The Labute approximate surface area is 172 Å². The Hall–Kier alpha value is -3.02. The molecule has 0 saturated carbocycles. The first-order valence-corrected chi connectivity index (χ1v) is 10.2. The maximum absolute atomic E-state index is 12.6. The van der Waals surface area contributed by atoms with Crippen LogP contribution in [0, 0.1) is 12.8 Å². The van der Waals surface area contributed by atoms with E-state index in [9.17, 15) is 9.59 Å². The van der Waals surface area contributed by atoms with E-state index in [1.165, 1.54) is 0 Å². The predicted octanol–water partition coefficient (Wildman–Crippen LogP) is 4.63. The van der Waals surface area contributed by atoms with Crippen LogP contribution in [-0.4, -0.2) is 31.6 Å². The van der Waals surface area contributed by atoms with Crippen LogP contribution in [-0.2, 0) is 0 Å². The number of hydrogen-bond acceptors (Lipinski definition) is 3. The van der Waals surface area contributed by atoms with Crippen molar-refractivity contribution in [2.75, 3.05) is 35.2 Å². The van der Waals surface area contributed by atoms with Crippen LogP contribution in [0.1, 0.15) is 42.6 Å². The highest BCUT2D eigenvalue weighted by atomic mass is 16.2. The zero-order valence-electron chi connectivity index (χ0n) is 17.4. The molecule has 3 N–H and O–H groups in total. The summed E-state index contributed by atoms with van der Waals surface area (Å²) in [6.07, 6.45) is 2.29. The number of carbonyl (C=O) groups excluding carboxylic acids is 2. The normalized spacial score (nSPS) is 13.4. The lowest BCUT2D eigenvalue weighted by Gasteiger charge is -2.23. The van der Waals surface area contributed by atoms with Crippen LogP contribution in [0.5, 0.6) is 0 Å². The fourth-order valence-electron chi connectivity index (χ4n) is 3.40. The number of amides is 3. The summed E-state index contributed by atoms with van der Waals surface area (Å²) >= 11 is 0. The molecular weight excluding hydrogens is 364 g/mol. The molecular formula is C23H30N4O2. The molecule has 3 amide bonds. The second-order valence-corrected chi connectivity index (χ2v) is 7.98. The monoisotopic (exact) mass is 394 g/mol. The van der Waals surface area contributed by atoms with E-state index in [0.717, 1.165) is 37.2 Å². The van der Waals surface area contributed by atoms with Crippen molar-refractivity contribution in [3.05, 3.63) is 53.6 Å². The van der Waals surface area contributed by atoms with Crippen LogP contribution >= 0.6 is 0 Å². The Bertz CT molecular complexity index is 873. The summed E-state index contributed by atoms with van der Waals surface area (Å²) in [5.74, 6) is 0.205. The number of hydrogen-bond donors (Lipinski definition) is 3. The van der Waals surface area contributed by atoms with E-state index in [-0.39, 0.29) is 11.9 Å². The molecule has 1 aliphatic rings. The number of anilines is 3. The van der Waals surface area contributed by atoms with Gasteiger partial charge in [-0.1, -0.05) is 31.5 Å². The van der Waals surface area contributed by atoms with Gasteiger partial charge in [-0.3, -0.25) is 4.79 Å². The number of nitrogens with zero attached hydrogens (tertiary/aromatic N) is 1. The molecule has 0 spiro atoms. The van der Waals surface area contributed by atoms with Gasteiger partial charge in [0.1, 0.15) is 0 Å². The summed E-state index contributed by atoms with van der Waals surface area (Å²) in [4.78, 5) is 27.2. The van der Waals surface area contributed by atoms with Crippen LogP contribution in [0.25, 0.3) is 0 Å². The predicted molar refractivity (Wildman–Crippen MR) is 119 cm³/mol. The minimum Gasteiger partial charge on any atom is -0.370 e. The number of nitrogens with one attached hydrogen (secondary N) is 3. The molecule has 1 fully saturated rings. The highest BCUT2D eigenvalue weighted by molar-refractivity contribution is 6.05. The van der Waals surface area contributed by atoms with Crippen LogP contribution < -0.4 is 20.9 Å². The molecule has 154 valence electrons. The van der Waals surface area contributed by atoms with Crippen molar-refractivity contribution in [3.8, 4) is 0 Å². The maximum atomic E-state index is 12.6. The van der Waals surface area contributed by atoms with Crippen LogP contribution in [0.3, 0.4) is 0 Å². The molecule has 6 heteroatoms. The Morgan fingerprint density at radius 3 is 2.48 bits per heavy atom. The Kier molecular flexibility index (Phi) is 6.75. The molecule has 0 unspecified atom stereocenters. The number of aryl methyl sites for hydroxylation is 1. The lowest BCUT2D eigenvalue weighted by atomic mass is 10.1. The zero-order valence-corrected chi connectivity index (χ0v) is 17.4. The molecule has 1 heterocycles. The summed E-state index contributed by atoms with van der Waals surface area (Å²) in [5.41, 5.74) is 3.98. The smallest absolute Gasteiger partial charge is 0.319 e. The van der Waals surface area contributed by atoms with Gasteiger partial charge in [0.25, 0.3) is 5.91 Å². The Balaban J connectivity index is 1.79. The van der Waals surface area contributed by atoms with Gasteiger partial charge in [-0.15, -0.1) is 0 Å². The third-order valence-electron chi connectivity index (χ3n) is 4.90. The van der Waals surface area contributed by atoms with Crippen molar-refractivity contribution in [3.63, 3.8) is 0 Å². The van der Waals surface area contributed by atoms with E-state index in [2.05, 4.69) is 34.7 Å². The molecule has 0 radical (unpaired) electrons. The highest BCUT2D eigenvalue weighted by Crippen LogP contribution is 2.32. The van der Waals surface area contributed by atoms with Gasteiger partial charge in [-0.25, -0.2) is 4.79 Å². The summed E-state index contributed by atoms with van der Waals surface area (Å²) in [6.45, 7) is 8.61. The fourth-order valence-corrected chi connectivity index (χ4v) is 3.40. The summed E-state index contributed by atoms with van der Waals surface area (Å²) < 4.78 is 0. The average Bonchev–Trinajstić information content (AvgIpc) is 3.21. The molecule has 0 atom stereocenters. The Morgan fingerprint density at radius 1 is 1.03 bits per heavy atom. The first-order chi connectivity index (χ1) is 13.9. The van der Waals surface area contributed by atoms with Gasteiger partial charge < -0.3 is 20.9 Å². The van der Waals surface area contributed by atoms with Gasteiger partial charge in [0.05, 0.1) is 11.4 Å². The molecule has 1 saturated heterocycles. The van der Waals surface area contributed by atoms with E-state index in [1.807, 2.05) is 43.3 Å². The standard InChI is InChI=1S/C23H30N4O2/c1-16(2)15-24-23(29)26-20-14-19(9-10-21(20)27-11-4-5-12-27)25-22(28)18-8-6-7-17(3)13-18/h6-10,13-14,16H,4-5,11-12,15H2,1-3H3,(H,25,28)(H2,24,26,29). The van der Waals surface area contributed by atoms with Gasteiger partial charge in [-0.2, -0.15) is 0 Å². The molecule has 0 bridgehead atoms.